The normalized spacial score (nSPS) is 52.7. The van der Waals surface area contributed by atoms with E-state index in [0.29, 0.717) is 42.2 Å². The fourth-order valence-corrected chi connectivity index (χ4v) is 7.35. The zero-order valence-electron chi connectivity index (χ0n) is 14.6. The Morgan fingerprint density at radius 3 is 2.52 bits per heavy atom. The average molecular weight is 318 g/mol. The molecule has 4 aliphatic carbocycles. The summed E-state index contributed by atoms with van der Waals surface area (Å²) in [4.78, 5) is 24.5. The second-order valence-electron chi connectivity index (χ2n) is 9.42. The highest BCUT2D eigenvalue weighted by atomic mass is 16.3. The monoisotopic (exact) mass is 318 g/mol. The third-order valence-corrected chi connectivity index (χ3v) is 8.81. The van der Waals surface area contributed by atoms with E-state index in [9.17, 15) is 14.7 Å². The third kappa shape index (κ3) is 1.86. The molecular formula is C20H30O3. The molecule has 0 spiro atoms. The minimum Gasteiger partial charge on any atom is -0.396 e. The summed E-state index contributed by atoms with van der Waals surface area (Å²) in [6.45, 7) is 4.67. The Labute approximate surface area is 139 Å². The Balaban J connectivity index is 1.72. The lowest BCUT2D eigenvalue weighted by Gasteiger charge is -2.64. The molecule has 4 fully saturated rings. The quantitative estimate of drug-likeness (QED) is 0.804. The van der Waals surface area contributed by atoms with Gasteiger partial charge in [-0.2, -0.15) is 0 Å². The first-order valence-electron chi connectivity index (χ1n) is 9.52. The van der Waals surface area contributed by atoms with E-state index in [1.165, 1.54) is 0 Å². The third-order valence-electron chi connectivity index (χ3n) is 8.81. The maximum absolute atomic E-state index is 12.4. The summed E-state index contributed by atoms with van der Waals surface area (Å²) in [6.07, 6.45) is 8.19. The van der Waals surface area contributed by atoms with Crippen LogP contribution in [0.3, 0.4) is 0 Å². The molecule has 3 heteroatoms. The van der Waals surface area contributed by atoms with Gasteiger partial charge in [0, 0.05) is 36.7 Å². The number of aliphatic hydroxyl groups excluding tert-OH is 1. The fourth-order valence-electron chi connectivity index (χ4n) is 7.35. The van der Waals surface area contributed by atoms with Gasteiger partial charge < -0.3 is 5.11 Å². The topological polar surface area (TPSA) is 54.4 Å². The van der Waals surface area contributed by atoms with Crippen molar-refractivity contribution < 1.29 is 14.7 Å². The van der Waals surface area contributed by atoms with E-state index in [1.807, 2.05) is 0 Å². The molecule has 0 heterocycles. The van der Waals surface area contributed by atoms with Gasteiger partial charge in [0.25, 0.3) is 0 Å². The SMILES string of the molecule is C[C@@]12CC[C@H]3[C@@H](CC[C@]4(C)C(=O)CC[C@@H]34)[C@]1(CO)CCC(=O)C2. The highest BCUT2D eigenvalue weighted by Crippen LogP contribution is 2.68. The van der Waals surface area contributed by atoms with Crippen molar-refractivity contribution in [2.45, 2.75) is 71.6 Å². The van der Waals surface area contributed by atoms with Crippen molar-refractivity contribution in [1.29, 1.82) is 0 Å². The summed E-state index contributed by atoms with van der Waals surface area (Å²) in [7, 11) is 0. The molecule has 0 bridgehead atoms. The van der Waals surface area contributed by atoms with Gasteiger partial charge in [-0.1, -0.05) is 13.8 Å². The fraction of sp³-hybridized carbons (Fsp3) is 0.900. The van der Waals surface area contributed by atoms with Crippen LogP contribution in [-0.2, 0) is 9.59 Å². The summed E-state index contributed by atoms with van der Waals surface area (Å²) in [5, 5.41) is 10.4. The van der Waals surface area contributed by atoms with Crippen molar-refractivity contribution >= 4 is 11.6 Å². The van der Waals surface area contributed by atoms with Crippen LogP contribution in [-0.4, -0.2) is 23.3 Å². The summed E-state index contributed by atoms with van der Waals surface area (Å²) in [5.41, 5.74) is -0.221. The van der Waals surface area contributed by atoms with Crippen LogP contribution in [0.25, 0.3) is 0 Å². The van der Waals surface area contributed by atoms with Crippen LogP contribution in [0.2, 0.25) is 0 Å². The van der Waals surface area contributed by atoms with Crippen molar-refractivity contribution in [2.75, 3.05) is 6.61 Å². The molecule has 6 atom stereocenters. The molecule has 0 radical (unpaired) electrons. The lowest BCUT2D eigenvalue weighted by molar-refractivity contribution is -0.181. The standard InChI is InChI=1S/C20H30O3/c1-18-8-6-14-15-3-4-17(23)19(15,2)9-7-16(14)20(18,12-21)10-5-13(22)11-18/h14-16,21H,3-12H2,1-2H3/t14-,15+,16-,18+,19+,20-/m1/s1. The average Bonchev–Trinajstić information content (AvgIpc) is 2.82. The highest BCUT2D eigenvalue weighted by Gasteiger charge is 2.64. The second kappa shape index (κ2) is 4.91. The van der Waals surface area contributed by atoms with Crippen molar-refractivity contribution in [3.63, 3.8) is 0 Å². The molecule has 4 saturated carbocycles. The Morgan fingerprint density at radius 2 is 1.78 bits per heavy atom. The van der Waals surface area contributed by atoms with Crippen LogP contribution in [0.15, 0.2) is 0 Å². The van der Waals surface area contributed by atoms with Gasteiger partial charge in [0.1, 0.15) is 11.6 Å². The Hall–Kier alpha value is -0.700. The van der Waals surface area contributed by atoms with Gasteiger partial charge in [-0.25, -0.2) is 0 Å². The first-order chi connectivity index (χ1) is 10.9. The van der Waals surface area contributed by atoms with Gasteiger partial charge in [-0.05, 0) is 61.7 Å². The smallest absolute Gasteiger partial charge is 0.139 e. The number of carbonyl (C=O) groups excluding carboxylic acids is 2. The molecule has 0 aromatic carbocycles. The minimum atomic E-state index is -0.101. The van der Waals surface area contributed by atoms with Crippen molar-refractivity contribution in [3.05, 3.63) is 0 Å². The number of hydrogen-bond donors (Lipinski definition) is 1. The summed E-state index contributed by atoms with van der Waals surface area (Å²) < 4.78 is 0. The summed E-state index contributed by atoms with van der Waals surface area (Å²) in [6, 6.07) is 0. The molecule has 128 valence electrons. The van der Waals surface area contributed by atoms with Crippen LogP contribution in [0.4, 0.5) is 0 Å². The van der Waals surface area contributed by atoms with E-state index in [2.05, 4.69) is 13.8 Å². The van der Waals surface area contributed by atoms with Crippen molar-refractivity contribution in [1.82, 2.24) is 0 Å². The van der Waals surface area contributed by atoms with E-state index < -0.39 is 0 Å². The molecule has 0 unspecified atom stereocenters. The molecule has 23 heavy (non-hydrogen) atoms. The maximum Gasteiger partial charge on any atom is 0.139 e. The molecule has 4 rings (SSSR count). The molecule has 1 N–H and O–H groups in total. The lowest BCUT2D eigenvalue weighted by atomic mass is 9.40. The Bertz CT molecular complexity index is 555. The number of aliphatic hydroxyl groups is 1. The predicted molar refractivity (Wildman–Crippen MR) is 87.8 cm³/mol. The van der Waals surface area contributed by atoms with Crippen LogP contribution in [0.1, 0.15) is 71.6 Å². The Morgan fingerprint density at radius 1 is 1.00 bits per heavy atom. The van der Waals surface area contributed by atoms with Gasteiger partial charge in [-0.3, -0.25) is 9.59 Å². The zero-order valence-corrected chi connectivity index (χ0v) is 14.6. The molecule has 0 amide bonds. The molecule has 0 aromatic rings. The van der Waals surface area contributed by atoms with Gasteiger partial charge in [0.15, 0.2) is 0 Å². The first kappa shape index (κ1) is 15.8. The number of Topliss-reactive ketones (excluding diaryl/α,β-unsaturated/α-hetero) is 2. The largest absolute Gasteiger partial charge is 0.396 e. The second-order valence-corrected chi connectivity index (χ2v) is 9.42. The van der Waals surface area contributed by atoms with Crippen LogP contribution in [0, 0.1) is 34.0 Å². The summed E-state index contributed by atoms with van der Waals surface area (Å²) >= 11 is 0. The molecule has 0 saturated heterocycles. The number of rotatable bonds is 1. The molecule has 0 aromatic heterocycles. The maximum atomic E-state index is 12.4. The van der Waals surface area contributed by atoms with E-state index >= 15 is 0 Å². The van der Waals surface area contributed by atoms with Crippen molar-refractivity contribution in [2.24, 2.45) is 34.0 Å². The highest BCUT2D eigenvalue weighted by molar-refractivity contribution is 5.87. The number of hydrogen-bond acceptors (Lipinski definition) is 3. The number of carbonyl (C=O) groups is 2. The van der Waals surface area contributed by atoms with Gasteiger partial charge in [-0.15, -0.1) is 0 Å². The molecular weight excluding hydrogens is 288 g/mol. The lowest BCUT2D eigenvalue weighted by Crippen LogP contribution is -2.60. The van der Waals surface area contributed by atoms with E-state index in [4.69, 9.17) is 0 Å². The van der Waals surface area contributed by atoms with Crippen LogP contribution < -0.4 is 0 Å². The number of ketones is 2. The Kier molecular flexibility index (Phi) is 3.37. The predicted octanol–water partition coefficient (Wildman–Crippen LogP) is 3.53. The minimum absolute atomic E-state index is 0.0331. The van der Waals surface area contributed by atoms with Gasteiger partial charge in [0.2, 0.25) is 0 Å². The van der Waals surface area contributed by atoms with E-state index in [1.54, 1.807) is 0 Å². The van der Waals surface area contributed by atoms with Gasteiger partial charge >= 0.3 is 0 Å². The zero-order chi connectivity index (χ0) is 16.5. The summed E-state index contributed by atoms with van der Waals surface area (Å²) in [5.74, 6) is 2.45. The molecule has 3 nitrogen and oxygen atoms in total. The van der Waals surface area contributed by atoms with E-state index in [-0.39, 0.29) is 22.9 Å². The molecule has 4 aliphatic rings. The van der Waals surface area contributed by atoms with Crippen molar-refractivity contribution in [3.8, 4) is 0 Å². The van der Waals surface area contributed by atoms with Gasteiger partial charge in [0.05, 0.1) is 0 Å². The first-order valence-corrected chi connectivity index (χ1v) is 9.52. The number of fused-ring (bicyclic) bond motifs is 5. The van der Waals surface area contributed by atoms with E-state index in [0.717, 1.165) is 44.9 Å². The van der Waals surface area contributed by atoms with Crippen LogP contribution >= 0.6 is 0 Å². The van der Waals surface area contributed by atoms with Crippen LogP contribution in [0.5, 0.6) is 0 Å². The molecule has 0 aliphatic heterocycles.